The van der Waals surface area contributed by atoms with Crippen LogP contribution in [0.4, 0.5) is 0 Å². The summed E-state index contributed by atoms with van der Waals surface area (Å²) in [6.45, 7) is 14.8. The zero-order chi connectivity index (χ0) is 17.2. The molecule has 0 bridgehead atoms. The third-order valence-electron chi connectivity index (χ3n) is 4.43. The first kappa shape index (κ1) is 19.5. The van der Waals surface area contributed by atoms with Crippen molar-refractivity contribution in [1.82, 2.24) is 0 Å². The summed E-state index contributed by atoms with van der Waals surface area (Å²) in [5.41, 5.74) is 2.89. The molecule has 1 rings (SSSR count). The summed E-state index contributed by atoms with van der Waals surface area (Å²) >= 11 is 0. The van der Waals surface area contributed by atoms with Crippen molar-refractivity contribution in [2.75, 3.05) is 0 Å². The Morgan fingerprint density at radius 3 is 1.86 bits per heavy atom. The van der Waals surface area contributed by atoms with Gasteiger partial charge in [-0.15, -0.1) is 0 Å². The molecule has 0 radical (unpaired) electrons. The molecular formula is C18H29ClO2S. The molecule has 0 aliphatic carbocycles. The quantitative estimate of drug-likeness (QED) is 0.620. The van der Waals surface area contributed by atoms with Gasteiger partial charge in [0.15, 0.2) is 0 Å². The molecule has 1 aromatic rings. The second-order valence-electron chi connectivity index (χ2n) is 7.27. The molecule has 1 unspecified atom stereocenters. The van der Waals surface area contributed by atoms with Gasteiger partial charge < -0.3 is 0 Å². The van der Waals surface area contributed by atoms with Crippen molar-refractivity contribution in [2.45, 2.75) is 71.6 Å². The topological polar surface area (TPSA) is 34.1 Å². The lowest BCUT2D eigenvalue weighted by atomic mass is 9.86. The molecule has 0 fully saturated rings. The average Bonchev–Trinajstić information content (AvgIpc) is 2.35. The third kappa shape index (κ3) is 4.73. The summed E-state index contributed by atoms with van der Waals surface area (Å²) in [5, 5.41) is 0. The predicted octanol–water partition coefficient (Wildman–Crippen LogP) is 5.70. The summed E-state index contributed by atoms with van der Waals surface area (Å²) in [5.74, 6) is 1.38. The minimum absolute atomic E-state index is 0.121. The van der Waals surface area contributed by atoms with E-state index in [4.69, 9.17) is 10.7 Å². The van der Waals surface area contributed by atoms with E-state index in [9.17, 15) is 8.42 Å². The van der Waals surface area contributed by atoms with Gasteiger partial charge in [-0.1, -0.05) is 60.6 Å². The lowest BCUT2D eigenvalue weighted by Crippen LogP contribution is -2.13. The van der Waals surface area contributed by atoms with E-state index in [0.29, 0.717) is 22.6 Å². The molecule has 126 valence electrons. The first-order valence-corrected chi connectivity index (χ1v) is 10.4. The smallest absolute Gasteiger partial charge is 0.207 e. The van der Waals surface area contributed by atoms with Crippen LogP contribution >= 0.6 is 10.7 Å². The first-order valence-electron chi connectivity index (χ1n) is 8.06. The predicted molar refractivity (Wildman–Crippen MR) is 95.4 cm³/mol. The van der Waals surface area contributed by atoms with Crippen LogP contribution in [0, 0.1) is 11.8 Å². The van der Waals surface area contributed by atoms with Crippen molar-refractivity contribution in [2.24, 2.45) is 11.8 Å². The molecule has 4 heteroatoms. The Bertz CT molecular complexity index is 616. The Kier molecular flexibility index (Phi) is 6.52. The van der Waals surface area contributed by atoms with Crippen LogP contribution in [-0.2, 0) is 15.5 Å². The molecule has 0 saturated heterocycles. The van der Waals surface area contributed by atoms with Gasteiger partial charge in [-0.3, -0.25) is 0 Å². The second-order valence-corrected chi connectivity index (χ2v) is 9.77. The molecule has 0 heterocycles. The Hall–Kier alpha value is -0.540. The lowest BCUT2D eigenvalue weighted by molar-refractivity contribution is 0.414. The molecule has 0 aliphatic heterocycles. The zero-order valence-corrected chi connectivity index (χ0v) is 16.3. The van der Waals surface area contributed by atoms with Gasteiger partial charge >= 0.3 is 0 Å². The van der Waals surface area contributed by atoms with Crippen molar-refractivity contribution in [3.63, 3.8) is 0 Å². The molecule has 1 atom stereocenters. The van der Waals surface area contributed by atoms with Crippen LogP contribution in [0.2, 0.25) is 0 Å². The molecule has 0 N–H and O–H groups in total. The lowest BCUT2D eigenvalue weighted by Gasteiger charge is -2.22. The Labute approximate surface area is 140 Å². The highest BCUT2D eigenvalue weighted by Crippen LogP contribution is 2.35. The van der Waals surface area contributed by atoms with E-state index in [1.165, 1.54) is 5.56 Å². The van der Waals surface area contributed by atoms with E-state index in [-0.39, 0.29) is 5.92 Å². The summed E-state index contributed by atoms with van der Waals surface area (Å²) in [4.78, 5) is 0.334. The van der Waals surface area contributed by atoms with Crippen LogP contribution < -0.4 is 0 Å². The van der Waals surface area contributed by atoms with Crippen LogP contribution in [-0.4, -0.2) is 8.42 Å². The monoisotopic (exact) mass is 344 g/mol. The number of hydrogen-bond acceptors (Lipinski definition) is 2. The Morgan fingerprint density at radius 1 is 0.955 bits per heavy atom. The maximum Gasteiger partial charge on any atom is 0.261 e. The van der Waals surface area contributed by atoms with Crippen molar-refractivity contribution in [3.8, 4) is 0 Å². The summed E-state index contributed by atoms with van der Waals surface area (Å²) in [7, 11) is 2.03. The van der Waals surface area contributed by atoms with Gasteiger partial charge in [0.1, 0.15) is 0 Å². The van der Waals surface area contributed by atoms with Crippen LogP contribution in [0.15, 0.2) is 17.0 Å². The number of benzene rings is 1. The number of halogens is 1. The second kappa shape index (κ2) is 7.35. The van der Waals surface area contributed by atoms with E-state index in [1.807, 2.05) is 26.0 Å². The zero-order valence-electron chi connectivity index (χ0n) is 14.8. The Morgan fingerprint density at radius 2 is 1.50 bits per heavy atom. The van der Waals surface area contributed by atoms with E-state index >= 15 is 0 Å². The summed E-state index contributed by atoms with van der Waals surface area (Å²) in [6.07, 6.45) is 0.735. The van der Waals surface area contributed by atoms with Crippen molar-refractivity contribution >= 4 is 19.7 Å². The van der Waals surface area contributed by atoms with E-state index in [0.717, 1.165) is 17.5 Å². The average molecular weight is 345 g/mol. The number of rotatable bonds is 6. The standard InChI is InChI=1S/C18H29ClO2S/c1-11(2)14(7)8-16-9-15(12(3)4)10-17(13(5)6)18(16)22(19,20)21/h9-14H,8H2,1-7H3. The fraction of sp³-hybridized carbons (Fsp3) is 0.667. The molecule has 0 aromatic heterocycles. The maximum atomic E-state index is 12.2. The van der Waals surface area contributed by atoms with Gasteiger partial charge in [-0.2, -0.15) is 0 Å². The van der Waals surface area contributed by atoms with Gasteiger partial charge in [0, 0.05) is 10.7 Å². The van der Waals surface area contributed by atoms with E-state index in [2.05, 4.69) is 34.6 Å². The van der Waals surface area contributed by atoms with Gasteiger partial charge in [-0.25, -0.2) is 8.42 Å². The maximum absolute atomic E-state index is 12.2. The highest BCUT2D eigenvalue weighted by Gasteiger charge is 2.25. The largest absolute Gasteiger partial charge is 0.261 e. The fourth-order valence-electron chi connectivity index (χ4n) is 2.53. The van der Waals surface area contributed by atoms with E-state index < -0.39 is 9.05 Å². The summed E-state index contributed by atoms with van der Waals surface area (Å²) in [6, 6.07) is 4.04. The minimum Gasteiger partial charge on any atom is -0.207 e. The van der Waals surface area contributed by atoms with E-state index in [1.54, 1.807) is 0 Å². The minimum atomic E-state index is -3.75. The molecule has 0 spiro atoms. The van der Waals surface area contributed by atoms with Crippen molar-refractivity contribution < 1.29 is 8.42 Å². The van der Waals surface area contributed by atoms with Crippen LogP contribution in [0.3, 0.4) is 0 Å². The van der Waals surface area contributed by atoms with Gasteiger partial charge in [0.2, 0.25) is 0 Å². The number of hydrogen-bond donors (Lipinski definition) is 0. The molecule has 0 amide bonds. The SMILES string of the molecule is CC(C)c1cc(CC(C)C(C)C)c(S(=O)(=O)Cl)c(C(C)C)c1. The van der Waals surface area contributed by atoms with Crippen molar-refractivity contribution in [3.05, 3.63) is 28.8 Å². The molecule has 0 saturated carbocycles. The molecule has 0 aliphatic rings. The fourth-order valence-corrected chi connectivity index (χ4v) is 4.13. The molecular weight excluding hydrogens is 316 g/mol. The molecule has 22 heavy (non-hydrogen) atoms. The van der Waals surface area contributed by atoms with Gasteiger partial charge in [0.25, 0.3) is 9.05 Å². The van der Waals surface area contributed by atoms with Crippen LogP contribution in [0.1, 0.15) is 77.0 Å². The molecule has 1 aromatic carbocycles. The third-order valence-corrected chi connectivity index (χ3v) is 5.88. The summed E-state index contributed by atoms with van der Waals surface area (Å²) < 4.78 is 24.4. The highest BCUT2D eigenvalue weighted by molar-refractivity contribution is 8.13. The Balaban J connectivity index is 3.61. The van der Waals surface area contributed by atoms with Gasteiger partial charge in [0.05, 0.1) is 4.90 Å². The van der Waals surface area contributed by atoms with Crippen LogP contribution in [0.5, 0.6) is 0 Å². The van der Waals surface area contributed by atoms with Crippen molar-refractivity contribution in [1.29, 1.82) is 0 Å². The normalized spacial score (nSPS) is 14.1. The van der Waals surface area contributed by atoms with Crippen LogP contribution in [0.25, 0.3) is 0 Å². The first-order chi connectivity index (χ1) is 9.95. The highest BCUT2D eigenvalue weighted by atomic mass is 35.7. The van der Waals surface area contributed by atoms with Gasteiger partial charge in [-0.05, 0) is 46.8 Å². The molecule has 2 nitrogen and oxygen atoms in total.